The molecular weight excluding hydrogens is 564 g/mol. The molecule has 44 heavy (non-hydrogen) atoms. The molecule has 2 spiro atoms. The second kappa shape index (κ2) is 9.63. The second-order valence-corrected chi connectivity index (χ2v) is 18.3. The molecule has 0 amide bonds. The number of ether oxygens (including phenoxy) is 3. The van der Waals surface area contributed by atoms with Crippen molar-refractivity contribution in [2.75, 3.05) is 6.61 Å². The summed E-state index contributed by atoms with van der Waals surface area (Å²) in [5.41, 5.74) is -2.01. The van der Waals surface area contributed by atoms with Crippen LogP contribution >= 0.6 is 0 Å². The van der Waals surface area contributed by atoms with Gasteiger partial charge >= 0.3 is 0 Å². The van der Waals surface area contributed by atoms with Gasteiger partial charge in [0.25, 0.3) is 0 Å². The fourth-order valence-corrected chi connectivity index (χ4v) is 13.4. The molecule has 16 atom stereocenters. The molecule has 0 aromatic carbocycles. The molecule has 2 saturated heterocycles. The third-order valence-corrected chi connectivity index (χ3v) is 15.5. The third-order valence-electron chi connectivity index (χ3n) is 15.5. The smallest absolute Gasteiger partial charge is 0.186 e. The second-order valence-electron chi connectivity index (χ2n) is 18.3. The van der Waals surface area contributed by atoms with Gasteiger partial charge in [-0.25, -0.2) is 0 Å². The van der Waals surface area contributed by atoms with Gasteiger partial charge in [0.2, 0.25) is 0 Å². The largest absolute Gasteiger partial charge is 0.393 e. The van der Waals surface area contributed by atoms with Crippen molar-refractivity contribution in [2.45, 2.75) is 166 Å². The van der Waals surface area contributed by atoms with E-state index in [2.05, 4.69) is 34.6 Å². The molecule has 0 aromatic heterocycles. The predicted octanol–water partition coefficient (Wildman–Crippen LogP) is 2.90. The summed E-state index contributed by atoms with van der Waals surface area (Å²) in [4.78, 5) is 0. The quantitative estimate of drug-likeness (QED) is 0.260. The zero-order chi connectivity index (χ0) is 32.0. The van der Waals surface area contributed by atoms with Crippen molar-refractivity contribution in [1.82, 2.24) is 0 Å². The number of aliphatic hydroxyl groups is 6. The van der Waals surface area contributed by atoms with Gasteiger partial charge in [0.05, 0.1) is 42.2 Å². The van der Waals surface area contributed by atoms with Gasteiger partial charge in [0, 0.05) is 5.92 Å². The topological polar surface area (TPSA) is 149 Å². The van der Waals surface area contributed by atoms with Crippen molar-refractivity contribution in [2.24, 2.45) is 44.8 Å². The summed E-state index contributed by atoms with van der Waals surface area (Å²) < 4.78 is 18.7. The lowest BCUT2D eigenvalue weighted by Crippen LogP contribution is -2.63. The number of aliphatic hydroxyl groups excluding tert-OH is 5. The van der Waals surface area contributed by atoms with Crippen LogP contribution in [0.2, 0.25) is 0 Å². The van der Waals surface area contributed by atoms with Crippen molar-refractivity contribution < 1.29 is 44.8 Å². The normalized spacial score (nSPS) is 59.8. The van der Waals surface area contributed by atoms with Crippen LogP contribution in [0, 0.1) is 44.8 Å². The molecule has 6 N–H and O–H groups in total. The van der Waals surface area contributed by atoms with Gasteiger partial charge in [-0.3, -0.25) is 0 Å². The van der Waals surface area contributed by atoms with E-state index in [0.29, 0.717) is 18.8 Å². The lowest BCUT2D eigenvalue weighted by Gasteiger charge is -2.64. The van der Waals surface area contributed by atoms with Gasteiger partial charge in [0.1, 0.15) is 18.3 Å². The summed E-state index contributed by atoms with van der Waals surface area (Å²) in [5, 5.41) is 65.5. The van der Waals surface area contributed by atoms with E-state index in [4.69, 9.17) is 14.2 Å². The van der Waals surface area contributed by atoms with Crippen LogP contribution in [-0.4, -0.2) is 97.5 Å². The van der Waals surface area contributed by atoms with Crippen molar-refractivity contribution in [1.29, 1.82) is 0 Å². The molecule has 9 nitrogen and oxygen atoms in total. The first-order chi connectivity index (χ1) is 20.3. The number of hydrogen-bond donors (Lipinski definition) is 6. The van der Waals surface area contributed by atoms with Crippen LogP contribution in [0.4, 0.5) is 0 Å². The molecule has 0 radical (unpaired) electrons. The summed E-state index contributed by atoms with van der Waals surface area (Å²) >= 11 is 0. The SMILES string of the molecule is CC(C)(O)[C@@H]1CC[C@](C)([C@@H]2[C@@H](O)C[C@@]3(C)[C@@H]4C[C@@H](O)[C@@H]5C(C)(C)[C@H](O[C@@H]6OC[C@H](O)[C@@H](O)[C@H]6O)CC[C@@]56C[C@@]46CC[C@]23C)O1. The number of hydrogen-bond acceptors (Lipinski definition) is 9. The Balaban J connectivity index is 1.15. The number of fused-ring (bicyclic) bond motifs is 2. The fourth-order valence-electron chi connectivity index (χ4n) is 13.4. The summed E-state index contributed by atoms with van der Waals surface area (Å²) in [5.74, 6) is 0.285. The predicted molar refractivity (Wildman–Crippen MR) is 161 cm³/mol. The highest BCUT2D eigenvalue weighted by Gasteiger charge is 2.85. The van der Waals surface area contributed by atoms with Gasteiger partial charge in [-0.15, -0.1) is 0 Å². The first-order valence-corrected chi connectivity index (χ1v) is 17.4. The maximum atomic E-state index is 12.1. The molecule has 5 saturated carbocycles. The molecule has 0 bridgehead atoms. The molecule has 7 fully saturated rings. The zero-order valence-electron chi connectivity index (χ0n) is 27.8. The Hall–Kier alpha value is -0.360. The van der Waals surface area contributed by atoms with Gasteiger partial charge < -0.3 is 44.8 Å². The minimum Gasteiger partial charge on any atom is -0.393 e. The van der Waals surface area contributed by atoms with Gasteiger partial charge in [0.15, 0.2) is 6.29 Å². The summed E-state index contributed by atoms with van der Waals surface area (Å²) in [6.07, 6.45) is 1.57. The van der Waals surface area contributed by atoms with E-state index in [1.165, 1.54) is 0 Å². The molecule has 9 heteroatoms. The maximum Gasteiger partial charge on any atom is 0.186 e. The van der Waals surface area contributed by atoms with E-state index in [1.807, 2.05) is 13.8 Å². The molecule has 0 unspecified atom stereocenters. The Bertz CT molecular complexity index is 1160. The highest BCUT2D eigenvalue weighted by Crippen LogP contribution is 2.89. The summed E-state index contributed by atoms with van der Waals surface area (Å²) in [6, 6.07) is 0. The van der Waals surface area contributed by atoms with E-state index < -0.39 is 53.4 Å². The first kappa shape index (κ1) is 32.2. The van der Waals surface area contributed by atoms with Crippen LogP contribution in [0.3, 0.4) is 0 Å². The van der Waals surface area contributed by atoms with Crippen LogP contribution in [0.25, 0.3) is 0 Å². The average Bonchev–Trinajstić information content (AvgIpc) is 3.27. The van der Waals surface area contributed by atoms with Crippen LogP contribution in [0.5, 0.6) is 0 Å². The molecule has 7 aliphatic rings. The Morgan fingerprint density at radius 2 is 1.45 bits per heavy atom. The van der Waals surface area contributed by atoms with E-state index in [0.717, 1.165) is 44.9 Å². The minimum atomic E-state index is -1.33. The molecule has 2 heterocycles. The highest BCUT2D eigenvalue weighted by molar-refractivity contribution is 5.33. The van der Waals surface area contributed by atoms with Crippen molar-refractivity contribution in [3.63, 3.8) is 0 Å². The Labute approximate surface area is 262 Å². The first-order valence-electron chi connectivity index (χ1n) is 17.4. The Morgan fingerprint density at radius 3 is 2.11 bits per heavy atom. The van der Waals surface area contributed by atoms with Crippen molar-refractivity contribution in [3.8, 4) is 0 Å². The highest BCUT2D eigenvalue weighted by atomic mass is 16.7. The van der Waals surface area contributed by atoms with Crippen molar-refractivity contribution in [3.05, 3.63) is 0 Å². The van der Waals surface area contributed by atoms with Gasteiger partial charge in [-0.1, -0.05) is 27.7 Å². The molecular formula is C35H58O9. The molecule has 0 aromatic rings. The molecule has 252 valence electrons. The monoisotopic (exact) mass is 622 g/mol. The van der Waals surface area contributed by atoms with Gasteiger partial charge in [-0.05, 0) is 117 Å². The van der Waals surface area contributed by atoms with E-state index in [1.54, 1.807) is 0 Å². The Kier molecular flexibility index (Phi) is 7.04. The average molecular weight is 623 g/mol. The van der Waals surface area contributed by atoms with Crippen LogP contribution in [-0.2, 0) is 14.2 Å². The lowest BCUT2D eigenvalue weighted by atomic mass is 9.41. The fraction of sp³-hybridized carbons (Fsp3) is 1.00. The molecule has 7 rings (SSSR count). The Morgan fingerprint density at radius 1 is 0.750 bits per heavy atom. The molecule has 5 aliphatic carbocycles. The van der Waals surface area contributed by atoms with Crippen LogP contribution in [0.15, 0.2) is 0 Å². The summed E-state index contributed by atoms with van der Waals surface area (Å²) in [6.45, 7) is 14.8. The van der Waals surface area contributed by atoms with Crippen LogP contribution in [0.1, 0.15) is 106 Å². The third kappa shape index (κ3) is 3.97. The lowest BCUT2D eigenvalue weighted by molar-refractivity contribution is -0.306. The zero-order valence-corrected chi connectivity index (χ0v) is 27.8. The van der Waals surface area contributed by atoms with E-state index in [-0.39, 0.29) is 52.3 Å². The van der Waals surface area contributed by atoms with Crippen molar-refractivity contribution >= 4 is 0 Å². The summed E-state index contributed by atoms with van der Waals surface area (Å²) in [7, 11) is 0. The van der Waals surface area contributed by atoms with Gasteiger partial charge in [-0.2, -0.15) is 0 Å². The standard InChI is InChI=1S/C35H58O9/c1-29(2)22(43-28-25(40)24(39)20(38)16-42-28)9-11-35-17-34(35)13-12-31(5)27(33(7)10-8-23(44-33)30(3,4)41)19(37)15-32(31,6)21(34)14-18(36)26(29)35/h18-28,36-41H,8-17H2,1-7H3/t18-,19+,20+,21+,22-,23+,24-,25-,26-,27-,28+,31-,32+,33-,34+,35-/m1/s1. The minimum absolute atomic E-state index is 0.00753. The number of rotatable bonds is 4. The van der Waals surface area contributed by atoms with Crippen LogP contribution < -0.4 is 0 Å². The van der Waals surface area contributed by atoms with E-state index >= 15 is 0 Å². The maximum absolute atomic E-state index is 12.1. The van der Waals surface area contributed by atoms with E-state index in [9.17, 15) is 30.6 Å². The molecule has 2 aliphatic heterocycles.